The zero-order valence-corrected chi connectivity index (χ0v) is 11.9. The first kappa shape index (κ1) is 16.6. The molecule has 0 saturated heterocycles. The quantitative estimate of drug-likeness (QED) is 0.612. The Morgan fingerprint density at radius 1 is 1.55 bits per heavy atom. The van der Waals surface area contributed by atoms with E-state index in [0.717, 1.165) is 12.1 Å². The summed E-state index contributed by atoms with van der Waals surface area (Å²) in [4.78, 5) is 21.9. The molecule has 1 aromatic carbocycles. The molecule has 0 aliphatic rings. The number of carbonyl (C=O) groups is 1. The number of hydrogen-bond acceptors (Lipinski definition) is 5. The van der Waals surface area contributed by atoms with Crippen LogP contribution < -0.4 is 5.32 Å². The van der Waals surface area contributed by atoms with Crippen LogP contribution >= 0.6 is 23.2 Å². The second-order valence-electron chi connectivity index (χ2n) is 3.87. The number of aliphatic hydroxyl groups excluding tert-OH is 1. The van der Waals surface area contributed by atoms with Crippen LogP contribution in [0.4, 0.5) is 5.69 Å². The zero-order chi connectivity index (χ0) is 15.3. The first-order valence-electron chi connectivity index (χ1n) is 5.45. The molecule has 0 aromatic heterocycles. The lowest BCUT2D eigenvalue weighted by molar-refractivity contribution is -0.384. The average Bonchev–Trinajstić information content (AvgIpc) is 2.39. The third-order valence-electron chi connectivity index (χ3n) is 2.33. The normalized spacial score (nSPS) is 12.0. The van der Waals surface area contributed by atoms with Gasteiger partial charge in [-0.3, -0.25) is 14.9 Å². The van der Waals surface area contributed by atoms with Crippen molar-refractivity contribution in [1.82, 2.24) is 5.32 Å². The van der Waals surface area contributed by atoms with Crippen LogP contribution in [0.15, 0.2) is 12.1 Å². The van der Waals surface area contributed by atoms with Gasteiger partial charge < -0.3 is 15.2 Å². The fourth-order valence-electron chi connectivity index (χ4n) is 1.40. The van der Waals surface area contributed by atoms with Crippen molar-refractivity contribution in [2.75, 3.05) is 20.3 Å². The van der Waals surface area contributed by atoms with Gasteiger partial charge in [-0.15, -0.1) is 0 Å². The second-order valence-corrected chi connectivity index (χ2v) is 4.65. The van der Waals surface area contributed by atoms with Crippen LogP contribution in [0.5, 0.6) is 0 Å². The fraction of sp³-hybridized carbons (Fsp3) is 0.364. The molecule has 0 saturated carbocycles. The highest BCUT2D eigenvalue weighted by Crippen LogP contribution is 2.30. The topological polar surface area (TPSA) is 102 Å². The van der Waals surface area contributed by atoms with Crippen molar-refractivity contribution in [3.8, 4) is 0 Å². The van der Waals surface area contributed by atoms with Crippen molar-refractivity contribution in [3.05, 3.63) is 37.9 Å². The number of ether oxygens (including phenoxy) is 1. The maximum atomic E-state index is 11.9. The van der Waals surface area contributed by atoms with E-state index in [1.807, 2.05) is 0 Å². The van der Waals surface area contributed by atoms with E-state index < -0.39 is 16.9 Å². The first-order chi connectivity index (χ1) is 9.36. The lowest BCUT2D eigenvalue weighted by Crippen LogP contribution is -2.34. The monoisotopic (exact) mass is 322 g/mol. The summed E-state index contributed by atoms with van der Waals surface area (Å²) in [5, 5.41) is 22.3. The Morgan fingerprint density at radius 3 is 2.75 bits per heavy atom. The van der Waals surface area contributed by atoms with Crippen LogP contribution in [0.3, 0.4) is 0 Å². The summed E-state index contributed by atoms with van der Waals surface area (Å²) >= 11 is 11.6. The molecule has 20 heavy (non-hydrogen) atoms. The third kappa shape index (κ3) is 4.31. The molecule has 0 aliphatic carbocycles. The van der Waals surface area contributed by atoms with Crippen molar-refractivity contribution in [1.29, 1.82) is 0 Å². The lowest BCUT2D eigenvalue weighted by atomic mass is 10.2. The van der Waals surface area contributed by atoms with Gasteiger partial charge in [0.05, 0.1) is 33.2 Å². The van der Waals surface area contributed by atoms with Crippen LogP contribution in [-0.4, -0.2) is 42.3 Å². The molecule has 0 spiro atoms. The number of hydrogen-bond donors (Lipinski definition) is 2. The molecule has 9 heteroatoms. The number of halogens is 2. The lowest BCUT2D eigenvalue weighted by Gasteiger charge is -2.11. The fourth-order valence-corrected chi connectivity index (χ4v) is 1.81. The predicted molar refractivity (Wildman–Crippen MR) is 73.3 cm³/mol. The summed E-state index contributed by atoms with van der Waals surface area (Å²) in [6, 6.07) is 2.08. The van der Waals surface area contributed by atoms with Crippen molar-refractivity contribution in [2.24, 2.45) is 0 Å². The van der Waals surface area contributed by atoms with Gasteiger partial charge >= 0.3 is 0 Å². The van der Waals surface area contributed by atoms with Crippen molar-refractivity contribution >= 4 is 34.8 Å². The van der Waals surface area contributed by atoms with Crippen LogP contribution in [0.2, 0.25) is 10.0 Å². The van der Waals surface area contributed by atoms with Gasteiger partial charge in [0.15, 0.2) is 0 Å². The van der Waals surface area contributed by atoms with Crippen LogP contribution in [-0.2, 0) is 4.74 Å². The SMILES string of the molecule is COCC(O)CNC(=O)c1cc([N+](=O)[O-])cc(Cl)c1Cl. The zero-order valence-electron chi connectivity index (χ0n) is 10.4. The minimum atomic E-state index is -0.892. The molecule has 0 aliphatic heterocycles. The summed E-state index contributed by atoms with van der Waals surface area (Å²) < 4.78 is 4.70. The van der Waals surface area contributed by atoms with Crippen LogP contribution in [0, 0.1) is 10.1 Å². The van der Waals surface area contributed by atoms with E-state index in [-0.39, 0.29) is 34.4 Å². The van der Waals surface area contributed by atoms with Gasteiger partial charge in [-0.1, -0.05) is 23.2 Å². The van der Waals surface area contributed by atoms with E-state index in [4.69, 9.17) is 27.9 Å². The van der Waals surface area contributed by atoms with Crippen molar-refractivity contribution in [2.45, 2.75) is 6.10 Å². The number of carbonyl (C=O) groups excluding carboxylic acids is 1. The summed E-state index contributed by atoms with van der Waals surface area (Å²) in [5.74, 6) is -0.671. The van der Waals surface area contributed by atoms with Gasteiger partial charge in [-0.25, -0.2) is 0 Å². The van der Waals surface area contributed by atoms with E-state index >= 15 is 0 Å². The Labute approximate surface area is 124 Å². The highest BCUT2D eigenvalue weighted by molar-refractivity contribution is 6.44. The molecule has 1 rings (SSSR count). The van der Waals surface area contributed by atoms with Gasteiger partial charge in [0, 0.05) is 25.8 Å². The summed E-state index contributed by atoms with van der Waals surface area (Å²) in [7, 11) is 1.40. The molecule has 1 aromatic rings. The minimum Gasteiger partial charge on any atom is -0.389 e. The number of nitrogens with one attached hydrogen (secondary N) is 1. The van der Waals surface area contributed by atoms with E-state index in [2.05, 4.69) is 5.32 Å². The highest BCUT2D eigenvalue weighted by atomic mass is 35.5. The molecule has 2 N–H and O–H groups in total. The predicted octanol–water partition coefficient (Wildman–Crippen LogP) is 1.64. The largest absolute Gasteiger partial charge is 0.389 e. The standard InChI is InChI=1S/C11H12Cl2N2O5/c1-20-5-7(16)4-14-11(17)8-2-6(15(18)19)3-9(12)10(8)13/h2-3,7,16H,4-5H2,1H3,(H,14,17). The van der Waals surface area contributed by atoms with E-state index in [9.17, 15) is 20.0 Å². The number of nitrogens with zero attached hydrogens (tertiary/aromatic N) is 1. The molecule has 0 fully saturated rings. The average molecular weight is 323 g/mol. The van der Waals surface area contributed by atoms with Gasteiger partial charge in [0.25, 0.3) is 11.6 Å². The van der Waals surface area contributed by atoms with E-state index in [0.29, 0.717) is 0 Å². The van der Waals surface area contributed by atoms with Gasteiger partial charge in [0.2, 0.25) is 0 Å². The summed E-state index contributed by atoms with van der Waals surface area (Å²) in [5.41, 5.74) is -0.475. The Balaban J connectivity index is 2.89. The smallest absolute Gasteiger partial charge is 0.271 e. The molecule has 0 heterocycles. The Kier molecular flexibility index (Phi) is 6.15. The Morgan fingerprint density at radius 2 is 2.20 bits per heavy atom. The molecular weight excluding hydrogens is 311 g/mol. The summed E-state index contributed by atoms with van der Waals surface area (Å²) in [6.07, 6.45) is -0.892. The number of aliphatic hydroxyl groups is 1. The minimum absolute atomic E-state index is 0.0453. The van der Waals surface area contributed by atoms with Crippen LogP contribution in [0.1, 0.15) is 10.4 Å². The van der Waals surface area contributed by atoms with E-state index in [1.165, 1.54) is 7.11 Å². The molecule has 110 valence electrons. The van der Waals surface area contributed by atoms with Gasteiger partial charge in [0.1, 0.15) is 0 Å². The molecule has 0 radical (unpaired) electrons. The van der Waals surface area contributed by atoms with Crippen LogP contribution in [0.25, 0.3) is 0 Å². The van der Waals surface area contributed by atoms with Gasteiger partial charge in [-0.2, -0.15) is 0 Å². The molecule has 1 atom stereocenters. The number of nitro groups is 1. The van der Waals surface area contributed by atoms with Gasteiger partial charge in [-0.05, 0) is 0 Å². The molecule has 1 amide bonds. The van der Waals surface area contributed by atoms with Crippen molar-refractivity contribution < 1.29 is 19.6 Å². The Bertz CT molecular complexity index is 524. The molecule has 0 bridgehead atoms. The second kappa shape index (κ2) is 7.39. The maximum Gasteiger partial charge on any atom is 0.271 e. The summed E-state index contributed by atoms with van der Waals surface area (Å²) in [6.45, 7) is -0.0347. The maximum absolute atomic E-state index is 11.9. The third-order valence-corrected chi connectivity index (χ3v) is 3.13. The molecule has 1 unspecified atom stereocenters. The number of non-ortho nitro benzene ring substituents is 1. The first-order valence-corrected chi connectivity index (χ1v) is 6.21. The van der Waals surface area contributed by atoms with E-state index in [1.54, 1.807) is 0 Å². The number of amides is 1. The number of nitro benzene ring substituents is 1. The molecule has 7 nitrogen and oxygen atoms in total. The number of methoxy groups -OCH3 is 1. The number of benzene rings is 1. The van der Waals surface area contributed by atoms with Crippen molar-refractivity contribution in [3.63, 3.8) is 0 Å². The Hall–Kier alpha value is -1.41. The molecular formula is C11H12Cl2N2O5. The highest BCUT2D eigenvalue weighted by Gasteiger charge is 2.19. The number of rotatable bonds is 6.